The van der Waals surface area contributed by atoms with E-state index in [-0.39, 0.29) is 18.3 Å². The molecule has 0 fully saturated rings. The van der Waals surface area contributed by atoms with Gasteiger partial charge in [0.1, 0.15) is 5.75 Å². The van der Waals surface area contributed by atoms with E-state index < -0.39 is 0 Å². The first-order valence-electron chi connectivity index (χ1n) is 8.77. The van der Waals surface area contributed by atoms with E-state index in [2.05, 4.69) is 10.3 Å². The Morgan fingerprint density at radius 3 is 2.61 bits per heavy atom. The van der Waals surface area contributed by atoms with Crippen LogP contribution in [-0.4, -0.2) is 30.6 Å². The number of nitrogens with one attached hydrogen (secondary N) is 1. The average molecular weight is 396 g/mol. The lowest BCUT2D eigenvalue weighted by Crippen LogP contribution is -2.11. The molecule has 7 heteroatoms. The summed E-state index contributed by atoms with van der Waals surface area (Å²) in [6.45, 7) is 2.08. The molecule has 0 atom stereocenters. The topological polar surface area (TPSA) is 77.5 Å². The fraction of sp³-hybridized carbons (Fsp3) is 0.190. The van der Waals surface area contributed by atoms with Crippen LogP contribution in [0.4, 0.5) is 5.13 Å². The Balaban J connectivity index is 1.87. The number of rotatable bonds is 7. The van der Waals surface area contributed by atoms with Crippen molar-refractivity contribution in [2.75, 3.05) is 19.0 Å². The van der Waals surface area contributed by atoms with Gasteiger partial charge in [0.2, 0.25) is 0 Å². The molecule has 0 aliphatic carbocycles. The van der Waals surface area contributed by atoms with Crippen molar-refractivity contribution in [1.29, 1.82) is 0 Å². The van der Waals surface area contributed by atoms with E-state index in [0.29, 0.717) is 28.7 Å². The summed E-state index contributed by atoms with van der Waals surface area (Å²) in [6, 6.07) is 16.4. The summed E-state index contributed by atoms with van der Waals surface area (Å²) >= 11 is 1.27. The Bertz CT molecular complexity index is 970. The van der Waals surface area contributed by atoms with Crippen molar-refractivity contribution in [3.63, 3.8) is 0 Å². The van der Waals surface area contributed by atoms with Gasteiger partial charge >= 0.3 is 5.97 Å². The minimum absolute atomic E-state index is 0.102. The van der Waals surface area contributed by atoms with Crippen molar-refractivity contribution in [3.8, 4) is 17.0 Å². The minimum atomic E-state index is -0.325. The monoisotopic (exact) mass is 396 g/mol. The Labute approximate surface area is 167 Å². The molecular formula is C21H20N2O4S. The van der Waals surface area contributed by atoms with Crippen LogP contribution in [0, 0.1) is 0 Å². The average Bonchev–Trinajstić information content (AvgIpc) is 3.10. The number of hydrogen-bond donors (Lipinski definition) is 1. The molecule has 0 spiro atoms. The molecule has 2 aromatic carbocycles. The molecule has 1 amide bonds. The lowest BCUT2D eigenvalue weighted by molar-refractivity contribution is -0.142. The normalized spacial score (nSPS) is 10.4. The molecule has 0 saturated carbocycles. The molecule has 6 nitrogen and oxygen atoms in total. The number of anilines is 1. The molecule has 3 aromatic rings. The summed E-state index contributed by atoms with van der Waals surface area (Å²) in [5.41, 5.74) is 2.00. The van der Waals surface area contributed by atoms with Gasteiger partial charge in [-0.2, -0.15) is 0 Å². The van der Waals surface area contributed by atoms with E-state index in [1.54, 1.807) is 38.3 Å². The molecule has 1 aromatic heterocycles. The van der Waals surface area contributed by atoms with Gasteiger partial charge in [0.05, 0.1) is 25.8 Å². The van der Waals surface area contributed by atoms with Crippen LogP contribution in [0.2, 0.25) is 0 Å². The van der Waals surface area contributed by atoms with Gasteiger partial charge in [-0.3, -0.25) is 14.9 Å². The number of hydrogen-bond acceptors (Lipinski definition) is 6. The maximum Gasteiger partial charge on any atom is 0.311 e. The highest BCUT2D eigenvalue weighted by Crippen LogP contribution is 2.32. The van der Waals surface area contributed by atoms with Crippen LogP contribution in [0.5, 0.6) is 5.75 Å². The first kappa shape index (κ1) is 19.6. The molecule has 0 aliphatic rings. The molecular weight excluding hydrogens is 376 g/mol. The highest BCUT2D eigenvalue weighted by Gasteiger charge is 2.18. The van der Waals surface area contributed by atoms with Crippen LogP contribution in [0.25, 0.3) is 11.3 Å². The van der Waals surface area contributed by atoms with Crippen molar-refractivity contribution in [1.82, 2.24) is 4.98 Å². The molecule has 0 unspecified atom stereocenters. The number of carbonyl (C=O) groups excluding carboxylic acids is 2. The standard InChI is InChI=1S/C21H20N2O4S/c1-3-27-18(24)13-17-19(14-8-5-4-6-9-14)22-21(28-17)23-20(25)15-10-7-11-16(12-15)26-2/h4-12H,3,13H2,1-2H3,(H,22,23,25). The highest BCUT2D eigenvalue weighted by atomic mass is 32.1. The van der Waals surface area contributed by atoms with Crippen molar-refractivity contribution in [2.24, 2.45) is 0 Å². The molecule has 0 bridgehead atoms. The Morgan fingerprint density at radius 1 is 1.11 bits per heavy atom. The molecule has 0 saturated heterocycles. The van der Waals surface area contributed by atoms with Gasteiger partial charge in [-0.15, -0.1) is 11.3 Å². The lowest BCUT2D eigenvalue weighted by Gasteiger charge is -2.04. The van der Waals surface area contributed by atoms with Crippen molar-refractivity contribution in [3.05, 3.63) is 65.0 Å². The summed E-state index contributed by atoms with van der Waals surface area (Å²) < 4.78 is 10.2. The molecule has 1 N–H and O–H groups in total. The van der Waals surface area contributed by atoms with Gasteiger partial charge in [-0.1, -0.05) is 36.4 Å². The zero-order valence-corrected chi connectivity index (χ0v) is 16.4. The number of amides is 1. The molecule has 28 heavy (non-hydrogen) atoms. The Hall–Kier alpha value is -3.19. The third-order valence-electron chi connectivity index (χ3n) is 3.91. The lowest BCUT2D eigenvalue weighted by atomic mass is 10.1. The van der Waals surface area contributed by atoms with Crippen molar-refractivity contribution < 1.29 is 19.1 Å². The van der Waals surface area contributed by atoms with E-state index in [0.717, 1.165) is 10.4 Å². The Kier molecular flexibility index (Phi) is 6.39. The van der Waals surface area contributed by atoms with E-state index in [9.17, 15) is 9.59 Å². The molecule has 3 rings (SSSR count). The third-order valence-corrected chi connectivity index (χ3v) is 4.88. The van der Waals surface area contributed by atoms with Gasteiger partial charge in [-0.25, -0.2) is 4.98 Å². The number of thiazole rings is 1. The minimum Gasteiger partial charge on any atom is -0.497 e. The van der Waals surface area contributed by atoms with Crippen LogP contribution in [0.15, 0.2) is 54.6 Å². The predicted octanol–water partition coefficient (Wildman–Crippen LogP) is 4.18. The second-order valence-corrected chi connectivity index (χ2v) is 6.91. The zero-order chi connectivity index (χ0) is 19.9. The SMILES string of the molecule is CCOC(=O)Cc1sc(NC(=O)c2cccc(OC)c2)nc1-c1ccccc1. The smallest absolute Gasteiger partial charge is 0.311 e. The number of methoxy groups -OCH3 is 1. The van der Waals surface area contributed by atoms with E-state index >= 15 is 0 Å². The molecule has 1 heterocycles. The largest absolute Gasteiger partial charge is 0.497 e. The Morgan fingerprint density at radius 2 is 1.89 bits per heavy atom. The first-order chi connectivity index (χ1) is 13.6. The first-order valence-corrected chi connectivity index (χ1v) is 9.58. The fourth-order valence-electron chi connectivity index (χ4n) is 2.62. The third kappa shape index (κ3) is 4.75. The molecule has 0 aliphatic heterocycles. The summed E-state index contributed by atoms with van der Waals surface area (Å²) in [6.07, 6.45) is 0.102. The fourth-order valence-corrected chi connectivity index (χ4v) is 3.59. The summed E-state index contributed by atoms with van der Waals surface area (Å²) in [4.78, 5) is 29.8. The van der Waals surface area contributed by atoms with E-state index in [1.165, 1.54) is 11.3 Å². The highest BCUT2D eigenvalue weighted by molar-refractivity contribution is 7.16. The van der Waals surface area contributed by atoms with E-state index in [4.69, 9.17) is 9.47 Å². The number of carbonyl (C=O) groups is 2. The van der Waals surface area contributed by atoms with Gasteiger partial charge in [0.25, 0.3) is 5.91 Å². The van der Waals surface area contributed by atoms with E-state index in [1.807, 2.05) is 30.3 Å². The maximum absolute atomic E-state index is 12.6. The number of benzene rings is 2. The second-order valence-electron chi connectivity index (χ2n) is 5.82. The van der Waals surface area contributed by atoms with Crippen molar-refractivity contribution >= 4 is 28.3 Å². The number of nitrogens with zero attached hydrogens (tertiary/aromatic N) is 1. The van der Waals surface area contributed by atoms with Crippen LogP contribution in [-0.2, 0) is 16.0 Å². The maximum atomic E-state index is 12.6. The number of ether oxygens (including phenoxy) is 2. The van der Waals surface area contributed by atoms with Crippen LogP contribution >= 0.6 is 11.3 Å². The quantitative estimate of drug-likeness (QED) is 0.606. The summed E-state index contributed by atoms with van der Waals surface area (Å²) in [5.74, 6) is -0.0243. The zero-order valence-electron chi connectivity index (χ0n) is 15.6. The molecule has 144 valence electrons. The van der Waals surface area contributed by atoms with Gasteiger partial charge in [-0.05, 0) is 25.1 Å². The van der Waals surface area contributed by atoms with Crippen LogP contribution < -0.4 is 10.1 Å². The number of esters is 1. The van der Waals surface area contributed by atoms with Crippen LogP contribution in [0.1, 0.15) is 22.2 Å². The van der Waals surface area contributed by atoms with Gasteiger partial charge in [0.15, 0.2) is 5.13 Å². The van der Waals surface area contributed by atoms with Gasteiger partial charge < -0.3 is 9.47 Å². The summed E-state index contributed by atoms with van der Waals surface area (Å²) in [5, 5.41) is 3.23. The second kappa shape index (κ2) is 9.14. The summed E-state index contributed by atoms with van der Waals surface area (Å²) in [7, 11) is 1.55. The number of aromatic nitrogens is 1. The van der Waals surface area contributed by atoms with Gasteiger partial charge in [0, 0.05) is 16.0 Å². The predicted molar refractivity (Wildman–Crippen MR) is 109 cm³/mol. The van der Waals surface area contributed by atoms with Crippen LogP contribution in [0.3, 0.4) is 0 Å². The van der Waals surface area contributed by atoms with Crippen molar-refractivity contribution in [2.45, 2.75) is 13.3 Å². The molecule has 0 radical (unpaired) electrons.